The zero-order chi connectivity index (χ0) is 14.5. The van der Waals surface area contributed by atoms with E-state index in [1.165, 1.54) is 5.56 Å². The maximum absolute atomic E-state index is 12.6. The van der Waals surface area contributed by atoms with Crippen molar-refractivity contribution in [2.45, 2.75) is 45.6 Å². The molecule has 110 valence electrons. The number of carbonyl (C=O) groups is 1. The maximum Gasteiger partial charge on any atom is 0.254 e. The first-order valence-corrected chi connectivity index (χ1v) is 7.75. The number of hydrogen-bond acceptors (Lipinski definition) is 2. The lowest BCUT2D eigenvalue weighted by atomic mass is 9.92. The molecule has 20 heavy (non-hydrogen) atoms. The summed E-state index contributed by atoms with van der Waals surface area (Å²) >= 11 is 0. The molecular formula is C17H26N2O. The molecule has 1 aliphatic rings. The Hall–Kier alpha value is -1.35. The Kier molecular flexibility index (Phi) is 5.18. The molecule has 0 aliphatic carbocycles. The van der Waals surface area contributed by atoms with Gasteiger partial charge in [-0.3, -0.25) is 4.79 Å². The number of hydrogen-bond donors (Lipinski definition) is 1. The van der Waals surface area contributed by atoms with Crippen LogP contribution in [0, 0.1) is 5.92 Å². The molecule has 1 saturated heterocycles. The van der Waals surface area contributed by atoms with Gasteiger partial charge >= 0.3 is 0 Å². The van der Waals surface area contributed by atoms with Gasteiger partial charge in [-0.1, -0.05) is 32.4 Å². The van der Waals surface area contributed by atoms with Gasteiger partial charge in [0.05, 0.1) is 0 Å². The summed E-state index contributed by atoms with van der Waals surface area (Å²) in [4.78, 5) is 14.6. The molecule has 1 heterocycles. The van der Waals surface area contributed by atoms with Crippen molar-refractivity contribution in [3.8, 4) is 0 Å². The van der Waals surface area contributed by atoms with Crippen LogP contribution in [0.2, 0.25) is 0 Å². The molecule has 0 aromatic heterocycles. The van der Waals surface area contributed by atoms with Crippen molar-refractivity contribution in [2.24, 2.45) is 11.7 Å². The zero-order valence-corrected chi connectivity index (χ0v) is 12.6. The van der Waals surface area contributed by atoms with Crippen LogP contribution in [0.15, 0.2) is 24.3 Å². The van der Waals surface area contributed by atoms with Crippen molar-refractivity contribution >= 4 is 5.91 Å². The summed E-state index contributed by atoms with van der Waals surface area (Å²) in [6, 6.07) is 8.25. The van der Waals surface area contributed by atoms with Crippen LogP contribution < -0.4 is 5.73 Å². The number of rotatable bonds is 4. The Morgan fingerprint density at radius 2 is 2.05 bits per heavy atom. The van der Waals surface area contributed by atoms with Crippen LogP contribution in [-0.2, 0) is 6.42 Å². The largest absolute Gasteiger partial charge is 0.334 e. The SMILES string of the molecule is CCCc1ccc(C(=O)N2CCC(C)CC2CN)cc1. The van der Waals surface area contributed by atoms with Crippen molar-refractivity contribution in [2.75, 3.05) is 13.1 Å². The van der Waals surface area contributed by atoms with Crippen LogP contribution >= 0.6 is 0 Å². The van der Waals surface area contributed by atoms with Gasteiger partial charge in [0.15, 0.2) is 0 Å². The van der Waals surface area contributed by atoms with Gasteiger partial charge in [-0.2, -0.15) is 0 Å². The van der Waals surface area contributed by atoms with Gasteiger partial charge in [-0.25, -0.2) is 0 Å². The lowest BCUT2D eigenvalue weighted by Gasteiger charge is -2.38. The van der Waals surface area contributed by atoms with E-state index in [1.54, 1.807) is 0 Å². The molecule has 2 unspecified atom stereocenters. The minimum absolute atomic E-state index is 0.135. The van der Waals surface area contributed by atoms with Crippen molar-refractivity contribution in [3.05, 3.63) is 35.4 Å². The summed E-state index contributed by atoms with van der Waals surface area (Å²) in [5.74, 6) is 0.801. The first-order chi connectivity index (χ1) is 9.65. The summed E-state index contributed by atoms with van der Waals surface area (Å²) in [7, 11) is 0. The Bertz CT molecular complexity index is 441. The highest BCUT2D eigenvalue weighted by Gasteiger charge is 2.29. The molecule has 2 atom stereocenters. The smallest absolute Gasteiger partial charge is 0.254 e. The normalized spacial score (nSPS) is 22.9. The van der Waals surface area contributed by atoms with Gasteiger partial charge in [0.25, 0.3) is 5.91 Å². The van der Waals surface area contributed by atoms with Gasteiger partial charge < -0.3 is 10.6 Å². The van der Waals surface area contributed by atoms with Gasteiger partial charge in [0, 0.05) is 24.7 Å². The zero-order valence-electron chi connectivity index (χ0n) is 12.6. The highest BCUT2D eigenvalue weighted by Crippen LogP contribution is 2.23. The Labute approximate surface area is 122 Å². The van der Waals surface area contributed by atoms with Crippen LogP contribution in [0.25, 0.3) is 0 Å². The fourth-order valence-electron chi connectivity index (χ4n) is 3.01. The van der Waals surface area contributed by atoms with Crippen LogP contribution in [0.4, 0.5) is 0 Å². The summed E-state index contributed by atoms with van der Waals surface area (Å²) in [5.41, 5.74) is 7.93. The molecule has 0 saturated carbocycles. The van der Waals surface area contributed by atoms with Crippen LogP contribution in [0.1, 0.15) is 49.0 Å². The highest BCUT2D eigenvalue weighted by molar-refractivity contribution is 5.94. The number of amides is 1. The molecular weight excluding hydrogens is 248 g/mol. The van der Waals surface area contributed by atoms with Crippen molar-refractivity contribution in [1.82, 2.24) is 4.90 Å². The summed E-state index contributed by atoms with van der Waals surface area (Å²) in [5, 5.41) is 0. The maximum atomic E-state index is 12.6. The van der Waals surface area contributed by atoms with E-state index in [0.29, 0.717) is 12.5 Å². The standard InChI is InChI=1S/C17H26N2O/c1-3-4-14-5-7-15(8-6-14)17(20)19-10-9-13(2)11-16(19)12-18/h5-8,13,16H,3-4,9-12,18H2,1-2H3. The van der Waals surface area contributed by atoms with E-state index in [2.05, 4.69) is 26.0 Å². The van der Waals surface area contributed by atoms with E-state index in [0.717, 1.165) is 37.8 Å². The third-order valence-electron chi connectivity index (χ3n) is 4.25. The van der Waals surface area contributed by atoms with Gasteiger partial charge in [0.1, 0.15) is 0 Å². The Morgan fingerprint density at radius 3 is 2.65 bits per heavy atom. The van der Waals surface area contributed by atoms with Crippen molar-refractivity contribution in [1.29, 1.82) is 0 Å². The van der Waals surface area contributed by atoms with Gasteiger partial charge in [-0.05, 0) is 42.9 Å². The predicted octanol–water partition coefficient (Wildman–Crippen LogP) is 2.84. The number of benzene rings is 1. The topological polar surface area (TPSA) is 46.3 Å². The third-order valence-corrected chi connectivity index (χ3v) is 4.25. The van der Waals surface area contributed by atoms with Crippen molar-refractivity contribution < 1.29 is 4.79 Å². The van der Waals surface area contributed by atoms with Crippen LogP contribution in [0.3, 0.4) is 0 Å². The fraction of sp³-hybridized carbons (Fsp3) is 0.588. The summed E-state index contributed by atoms with van der Waals surface area (Å²) in [6.45, 7) is 5.80. The molecule has 1 amide bonds. The van der Waals surface area contributed by atoms with Crippen molar-refractivity contribution in [3.63, 3.8) is 0 Å². The van der Waals surface area contributed by atoms with E-state index >= 15 is 0 Å². The molecule has 1 aromatic carbocycles. The number of likely N-dealkylation sites (tertiary alicyclic amines) is 1. The number of carbonyl (C=O) groups excluding carboxylic acids is 1. The van der Waals surface area contributed by atoms with Gasteiger partial charge in [-0.15, -0.1) is 0 Å². The minimum atomic E-state index is 0.135. The van der Waals surface area contributed by atoms with E-state index in [1.807, 2.05) is 17.0 Å². The van der Waals surface area contributed by atoms with Crippen LogP contribution in [0.5, 0.6) is 0 Å². The van der Waals surface area contributed by atoms with E-state index in [-0.39, 0.29) is 11.9 Å². The number of nitrogens with two attached hydrogens (primary N) is 1. The summed E-state index contributed by atoms with van der Waals surface area (Å²) in [6.07, 6.45) is 4.31. The first kappa shape index (κ1) is 15.0. The highest BCUT2D eigenvalue weighted by atomic mass is 16.2. The molecule has 2 N–H and O–H groups in total. The second kappa shape index (κ2) is 6.89. The third kappa shape index (κ3) is 3.40. The molecule has 1 aromatic rings. The van der Waals surface area contributed by atoms with Gasteiger partial charge in [0.2, 0.25) is 0 Å². The molecule has 0 bridgehead atoms. The molecule has 0 radical (unpaired) electrons. The lowest BCUT2D eigenvalue weighted by molar-refractivity contribution is 0.0573. The molecule has 0 spiro atoms. The lowest BCUT2D eigenvalue weighted by Crippen LogP contribution is -2.49. The molecule has 2 rings (SSSR count). The number of nitrogens with zero attached hydrogens (tertiary/aromatic N) is 1. The van der Waals surface area contributed by atoms with E-state index in [4.69, 9.17) is 5.73 Å². The predicted molar refractivity (Wildman–Crippen MR) is 82.7 cm³/mol. The average molecular weight is 274 g/mol. The molecule has 1 fully saturated rings. The fourth-order valence-corrected chi connectivity index (χ4v) is 3.01. The Morgan fingerprint density at radius 1 is 1.35 bits per heavy atom. The number of piperidine rings is 1. The summed E-state index contributed by atoms with van der Waals surface area (Å²) < 4.78 is 0. The molecule has 3 heteroatoms. The molecule has 1 aliphatic heterocycles. The molecule has 3 nitrogen and oxygen atoms in total. The Balaban J connectivity index is 2.09. The quantitative estimate of drug-likeness (QED) is 0.917. The first-order valence-electron chi connectivity index (χ1n) is 7.75. The number of aryl methyl sites for hydroxylation is 1. The van der Waals surface area contributed by atoms with E-state index in [9.17, 15) is 4.79 Å². The average Bonchev–Trinajstić information content (AvgIpc) is 2.47. The van der Waals surface area contributed by atoms with E-state index < -0.39 is 0 Å². The second-order valence-corrected chi connectivity index (χ2v) is 5.96. The minimum Gasteiger partial charge on any atom is -0.334 e. The monoisotopic (exact) mass is 274 g/mol. The second-order valence-electron chi connectivity index (χ2n) is 5.96. The van der Waals surface area contributed by atoms with Crippen LogP contribution in [-0.4, -0.2) is 29.9 Å².